The summed E-state index contributed by atoms with van der Waals surface area (Å²) in [7, 11) is 0. The molecule has 0 aromatic rings. The molecule has 0 saturated heterocycles. The molecule has 8 heavy (non-hydrogen) atoms. The van der Waals surface area contributed by atoms with Crippen molar-refractivity contribution < 1.29 is 0 Å². The highest BCUT2D eigenvalue weighted by molar-refractivity contribution is 14.1. The molecule has 0 heterocycles. The van der Waals surface area contributed by atoms with Crippen LogP contribution in [-0.4, -0.2) is 9.10 Å². The molecule has 0 bridgehead atoms. The van der Waals surface area contributed by atoms with Crippen LogP contribution >= 0.6 is 34.0 Å². The highest BCUT2D eigenvalue weighted by atomic mass is 127. The maximum Gasteiger partial charge on any atom is 0.278 e. The van der Waals surface area contributed by atoms with E-state index in [2.05, 4.69) is 43.0 Å². The second kappa shape index (κ2) is 4.97. The molecule has 0 amide bonds. The van der Waals surface area contributed by atoms with Gasteiger partial charge in [-0.05, 0) is 11.7 Å². The van der Waals surface area contributed by atoms with Crippen LogP contribution in [0.25, 0.3) is 0 Å². The maximum absolute atomic E-state index is 2.44. The van der Waals surface area contributed by atoms with Gasteiger partial charge in [-0.15, -0.1) is 22.4 Å². The molecule has 0 nitrogen and oxygen atoms in total. The molecule has 0 rings (SSSR count). The van der Waals surface area contributed by atoms with Crippen LogP contribution in [0.4, 0.5) is 0 Å². The van der Waals surface area contributed by atoms with Gasteiger partial charge in [0.25, 0.3) is 3.85 Å². The average Bonchev–Trinajstić information content (AvgIpc) is 1.65. The van der Waals surface area contributed by atoms with Gasteiger partial charge in [0.15, 0.2) is 0 Å². The van der Waals surface area contributed by atoms with E-state index in [-0.39, 0.29) is 0 Å². The first-order valence-electron chi connectivity index (χ1n) is 2.96. The zero-order valence-electron chi connectivity index (χ0n) is 5.65. The summed E-state index contributed by atoms with van der Waals surface area (Å²) in [4.78, 5) is 0. The van der Waals surface area contributed by atoms with E-state index in [0.717, 1.165) is 9.10 Å². The van der Waals surface area contributed by atoms with Gasteiger partial charge in [-0.1, -0.05) is 20.7 Å². The number of hydrogen-bond acceptors (Lipinski definition) is 1. The van der Waals surface area contributed by atoms with Crippen LogP contribution in [0, 0.1) is 0 Å². The van der Waals surface area contributed by atoms with Gasteiger partial charge < -0.3 is 0 Å². The molecule has 1 atom stereocenters. The van der Waals surface area contributed by atoms with E-state index < -0.39 is 0 Å². The monoisotopic (exact) mass is 242 g/mol. The van der Waals surface area contributed by atoms with Crippen LogP contribution in [-0.2, 0) is 0 Å². The van der Waals surface area contributed by atoms with Crippen molar-refractivity contribution in [3.05, 3.63) is 0 Å². The highest BCUT2D eigenvalue weighted by Crippen LogP contribution is 2.20. The lowest BCUT2D eigenvalue weighted by Crippen LogP contribution is -1.99. The van der Waals surface area contributed by atoms with E-state index in [4.69, 9.17) is 0 Å². The van der Waals surface area contributed by atoms with Gasteiger partial charge >= 0.3 is 0 Å². The van der Waals surface area contributed by atoms with E-state index in [1.165, 1.54) is 6.42 Å². The van der Waals surface area contributed by atoms with Crippen molar-refractivity contribution in [2.75, 3.05) is 0 Å². The maximum atomic E-state index is 2.44. The molecule has 1 unspecified atom stereocenters. The van der Waals surface area contributed by atoms with Gasteiger partial charge in [0.2, 0.25) is 0 Å². The van der Waals surface area contributed by atoms with Crippen LogP contribution in [0.3, 0.4) is 0 Å². The second-order valence-corrected chi connectivity index (χ2v) is 6.40. The van der Waals surface area contributed by atoms with Gasteiger partial charge in [-0.3, -0.25) is 0 Å². The molecule has 0 N–H and O–H groups in total. The summed E-state index contributed by atoms with van der Waals surface area (Å²) >= 11 is 4.49. The molecular weight excluding hydrogens is 230 g/mol. The normalized spacial score (nSPS) is 13.5. The zero-order valence-corrected chi connectivity index (χ0v) is 8.62. The summed E-state index contributed by atoms with van der Waals surface area (Å²) in [5.41, 5.74) is 0. The lowest BCUT2D eigenvalue weighted by Gasteiger charge is -2.06. The quantitative estimate of drug-likeness (QED) is 0.541. The third-order valence-electron chi connectivity index (χ3n) is 0.995. The third-order valence-corrected chi connectivity index (χ3v) is 3.05. The standard InChI is InChI=1S/C5H12BIS/c1-4-5(2)8-6(3)7/h5H,4H2,1-3H3. The third kappa shape index (κ3) is 5.28. The summed E-state index contributed by atoms with van der Waals surface area (Å²) in [6.07, 6.45) is 1.29. The summed E-state index contributed by atoms with van der Waals surface area (Å²) in [6.45, 7) is 6.74. The van der Waals surface area contributed by atoms with E-state index in [1.54, 1.807) is 0 Å². The Balaban J connectivity index is 3.10. The Morgan fingerprint density at radius 3 is 2.38 bits per heavy atom. The van der Waals surface area contributed by atoms with Gasteiger partial charge in [0.1, 0.15) is 0 Å². The fourth-order valence-corrected chi connectivity index (χ4v) is 2.75. The van der Waals surface area contributed by atoms with Crippen LogP contribution in [0.5, 0.6) is 0 Å². The topological polar surface area (TPSA) is 0 Å². The Morgan fingerprint density at radius 2 is 2.25 bits per heavy atom. The molecule has 0 spiro atoms. The Morgan fingerprint density at radius 1 is 1.75 bits per heavy atom. The fourth-order valence-electron chi connectivity index (χ4n) is 0.416. The van der Waals surface area contributed by atoms with Crippen molar-refractivity contribution >= 4 is 37.8 Å². The number of halogens is 1. The lowest BCUT2D eigenvalue weighted by atomic mass is 10.2. The van der Waals surface area contributed by atoms with Crippen molar-refractivity contribution in [3.8, 4) is 0 Å². The summed E-state index contributed by atoms with van der Waals surface area (Å²) in [6, 6.07) is 0. The van der Waals surface area contributed by atoms with E-state index >= 15 is 0 Å². The molecule has 0 radical (unpaired) electrons. The van der Waals surface area contributed by atoms with Crippen LogP contribution in [0.2, 0.25) is 6.82 Å². The molecule has 0 aromatic heterocycles. The van der Waals surface area contributed by atoms with Crippen molar-refractivity contribution in [1.29, 1.82) is 0 Å². The lowest BCUT2D eigenvalue weighted by molar-refractivity contribution is 0.911. The molecule has 0 aliphatic rings. The molecule has 0 fully saturated rings. The van der Waals surface area contributed by atoms with Crippen LogP contribution in [0.15, 0.2) is 0 Å². The summed E-state index contributed by atoms with van der Waals surface area (Å²) in [5, 5.41) is 0.835. The minimum absolute atomic E-state index is 0.766. The SMILES string of the molecule is CCC(C)SB(C)I. The van der Waals surface area contributed by atoms with E-state index in [9.17, 15) is 0 Å². The summed E-state index contributed by atoms with van der Waals surface area (Å²) < 4.78 is 0.766. The van der Waals surface area contributed by atoms with Gasteiger partial charge in [-0.25, -0.2) is 0 Å². The van der Waals surface area contributed by atoms with Crippen molar-refractivity contribution in [2.24, 2.45) is 0 Å². The highest BCUT2D eigenvalue weighted by Gasteiger charge is 2.05. The van der Waals surface area contributed by atoms with Gasteiger partial charge in [0, 0.05) is 0 Å². The second-order valence-electron chi connectivity index (χ2n) is 1.90. The Bertz CT molecular complexity index is 58.4. The Kier molecular flexibility index (Phi) is 5.68. The Hall–Kier alpha value is 1.14. The average molecular weight is 242 g/mol. The molecule has 48 valence electrons. The van der Waals surface area contributed by atoms with Crippen molar-refractivity contribution in [3.63, 3.8) is 0 Å². The summed E-state index contributed by atoms with van der Waals surface area (Å²) in [5.74, 6) is 0. The zero-order chi connectivity index (χ0) is 6.57. The first kappa shape index (κ1) is 9.14. The van der Waals surface area contributed by atoms with Crippen molar-refractivity contribution in [1.82, 2.24) is 0 Å². The molecule has 0 aliphatic heterocycles. The smallest absolute Gasteiger partial charge is 0.193 e. The number of rotatable bonds is 3. The predicted molar refractivity (Wildman–Crippen MR) is 53.0 cm³/mol. The fraction of sp³-hybridized carbons (Fsp3) is 1.00. The van der Waals surface area contributed by atoms with Crippen LogP contribution in [0.1, 0.15) is 20.3 Å². The molecule has 0 saturated carbocycles. The largest absolute Gasteiger partial charge is 0.278 e. The first-order chi connectivity index (χ1) is 3.66. The molecule has 0 aliphatic carbocycles. The predicted octanol–water partition coefficient (Wildman–Crippen LogP) is 3.07. The van der Waals surface area contributed by atoms with Crippen LogP contribution < -0.4 is 0 Å². The van der Waals surface area contributed by atoms with Gasteiger partial charge in [-0.2, -0.15) is 11.6 Å². The molecule has 3 heteroatoms. The van der Waals surface area contributed by atoms with Gasteiger partial charge in [0.05, 0.1) is 0 Å². The van der Waals surface area contributed by atoms with Crippen molar-refractivity contribution in [2.45, 2.75) is 32.3 Å². The Labute approximate surface area is 70.0 Å². The van der Waals surface area contributed by atoms with E-state index in [1.807, 2.05) is 11.6 Å². The minimum Gasteiger partial charge on any atom is -0.193 e. The number of hydrogen-bond donors (Lipinski definition) is 0. The minimum atomic E-state index is 0.766. The first-order valence-corrected chi connectivity index (χ1v) is 5.15. The van der Waals surface area contributed by atoms with E-state index in [0.29, 0.717) is 0 Å². The molecule has 0 aromatic carbocycles. The molecular formula is C5H12BIS.